The molecule has 0 amide bonds. The van der Waals surface area contributed by atoms with E-state index in [2.05, 4.69) is 11.4 Å². The molecule has 0 aliphatic rings. The molecule has 6 heteroatoms. The van der Waals surface area contributed by atoms with Gasteiger partial charge in [-0.1, -0.05) is 90.4 Å². The molecule has 0 heterocycles. The average Bonchev–Trinajstić information content (AvgIpc) is 2.56. The fraction of sp³-hybridized carbons (Fsp3) is 1.00. The normalized spacial score (nSPS) is 12.0. The first kappa shape index (κ1) is 25.1. The molecule has 25 heavy (non-hydrogen) atoms. The Morgan fingerprint density at radius 2 is 1.00 bits per heavy atom. The fourth-order valence-corrected chi connectivity index (χ4v) is 3.21. The summed E-state index contributed by atoms with van der Waals surface area (Å²) < 4.78 is 20.2. The Morgan fingerprint density at radius 1 is 0.600 bits per heavy atom. The van der Waals surface area contributed by atoms with Crippen LogP contribution in [-0.4, -0.2) is 29.6 Å². The van der Waals surface area contributed by atoms with Crippen LogP contribution in [0.3, 0.4) is 0 Å². The first-order valence-electron chi connectivity index (χ1n) is 10.3. The van der Waals surface area contributed by atoms with Gasteiger partial charge in [0.25, 0.3) is 0 Å². The zero-order chi connectivity index (χ0) is 18.6. The van der Waals surface area contributed by atoms with E-state index in [1.165, 1.54) is 83.5 Å². The highest BCUT2D eigenvalue weighted by Crippen LogP contribution is 2.35. The van der Waals surface area contributed by atoms with E-state index in [1.807, 2.05) is 0 Å². The van der Waals surface area contributed by atoms with E-state index in [-0.39, 0.29) is 6.61 Å². The van der Waals surface area contributed by atoms with E-state index in [1.54, 1.807) is 0 Å². The SMILES string of the molecule is CCCCCCCCCCCCCCCCOCCCOP(=O)(O)O. The number of unbranched alkanes of at least 4 members (excludes halogenated alkanes) is 13. The van der Waals surface area contributed by atoms with E-state index in [0.29, 0.717) is 13.0 Å². The zero-order valence-electron chi connectivity index (χ0n) is 16.3. The van der Waals surface area contributed by atoms with E-state index < -0.39 is 7.82 Å². The Morgan fingerprint density at radius 3 is 1.44 bits per heavy atom. The van der Waals surface area contributed by atoms with Gasteiger partial charge >= 0.3 is 7.82 Å². The van der Waals surface area contributed by atoms with Gasteiger partial charge in [0.1, 0.15) is 0 Å². The van der Waals surface area contributed by atoms with Crippen molar-refractivity contribution in [1.82, 2.24) is 0 Å². The van der Waals surface area contributed by atoms with Crippen molar-refractivity contribution in [1.29, 1.82) is 0 Å². The molecule has 2 N–H and O–H groups in total. The highest BCUT2D eigenvalue weighted by Gasteiger charge is 2.12. The van der Waals surface area contributed by atoms with Crippen LogP contribution in [0.1, 0.15) is 103 Å². The highest BCUT2D eigenvalue weighted by molar-refractivity contribution is 7.46. The summed E-state index contributed by atoms with van der Waals surface area (Å²) in [5, 5.41) is 0. The van der Waals surface area contributed by atoms with Gasteiger partial charge in [-0.25, -0.2) is 4.57 Å². The second-order valence-corrected chi connectivity index (χ2v) is 8.13. The molecule has 0 unspecified atom stereocenters. The summed E-state index contributed by atoms with van der Waals surface area (Å²) in [7, 11) is -4.31. The van der Waals surface area contributed by atoms with Crippen LogP contribution in [-0.2, 0) is 13.8 Å². The maximum absolute atomic E-state index is 10.4. The van der Waals surface area contributed by atoms with E-state index in [0.717, 1.165) is 13.0 Å². The van der Waals surface area contributed by atoms with E-state index in [4.69, 9.17) is 14.5 Å². The highest BCUT2D eigenvalue weighted by atomic mass is 31.2. The van der Waals surface area contributed by atoms with Gasteiger partial charge in [0.15, 0.2) is 0 Å². The molecule has 0 aromatic heterocycles. The van der Waals surface area contributed by atoms with Crippen LogP contribution in [0.5, 0.6) is 0 Å². The molecule has 0 aliphatic heterocycles. The molecule has 152 valence electrons. The lowest BCUT2D eigenvalue weighted by atomic mass is 10.0. The number of phosphoric acid groups is 1. The summed E-state index contributed by atoms with van der Waals surface area (Å²) in [5.41, 5.74) is 0. The third-order valence-corrected chi connectivity index (χ3v) is 4.85. The van der Waals surface area contributed by atoms with Gasteiger partial charge in [-0.3, -0.25) is 4.52 Å². The minimum absolute atomic E-state index is 0.0447. The monoisotopic (exact) mass is 380 g/mol. The lowest BCUT2D eigenvalue weighted by Gasteiger charge is -2.06. The summed E-state index contributed by atoms with van der Waals surface area (Å²) in [6.07, 6.45) is 19.3. The van der Waals surface area contributed by atoms with Crippen molar-refractivity contribution in [2.45, 2.75) is 103 Å². The predicted molar refractivity (Wildman–Crippen MR) is 104 cm³/mol. The molecule has 0 spiro atoms. The first-order chi connectivity index (χ1) is 12.1. The molecule has 0 fully saturated rings. The molecule has 0 rings (SSSR count). The molecule has 0 aromatic carbocycles. The molecular formula is C19H41O5P. The summed E-state index contributed by atoms with van der Waals surface area (Å²) in [5.74, 6) is 0. The quantitative estimate of drug-likeness (QED) is 0.201. The standard InChI is InChI=1S/C19H41O5P/c1-2-3-4-5-6-7-8-9-10-11-12-13-14-15-17-23-18-16-19-24-25(20,21)22/h2-19H2,1H3,(H2,20,21,22). The molecule has 0 saturated heterocycles. The topological polar surface area (TPSA) is 76.0 Å². The third-order valence-electron chi connectivity index (χ3n) is 4.33. The van der Waals surface area contributed by atoms with Gasteiger partial charge in [-0.05, 0) is 12.8 Å². The molecule has 0 radical (unpaired) electrons. The second kappa shape index (κ2) is 18.8. The van der Waals surface area contributed by atoms with Crippen LogP contribution in [0, 0.1) is 0 Å². The van der Waals surface area contributed by atoms with Crippen LogP contribution in [0.15, 0.2) is 0 Å². The minimum Gasteiger partial charge on any atom is -0.381 e. The number of ether oxygens (including phenoxy) is 1. The van der Waals surface area contributed by atoms with Gasteiger partial charge in [0, 0.05) is 13.2 Å². The Bertz CT molecular complexity index is 306. The largest absolute Gasteiger partial charge is 0.469 e. The number of phosphoric ester groups is 1. The Balaban J connectivity index is 3.02. The smallest absolute Gasteiger partial charge is 0.381 e. The number of rotatable bonds is 20. The Labute approximate surface area is 155 Å². The maximum Gasteiger partial charge on any atom is 0.469 e. The van der Waals surface area contributed by atoms with E-state index in [9.17, 15) is 4.57 Å². The fourth-order valence-electron chi connectivity index (χ4n) is 2.85. The molecular weight excluding hydrogens is 339 g/mol. The first-order valence-corrected chi connectivity index (χ1v) is 11.9. The lowest BCUT2D eigenvalue weighted by molar-refractivity contribution is 0.108. The van der Waals surface area contributed by atoms with Crippen LogP contribution < -0.4 is 0 Å². The molecule has 0 aliphatic carbocycles. The minimum atomic E-state index is -4.31. The van der Waals surface area contributed by atoms with Crippen molar-refractivity contribution in [3.63, 3.8) is 0 Å². The van der Waals surface area contributed by atoms with Crippen molar-refractivity contribution in [3.8, 4) is 0 Å². The average molecular weight is 381 g/mol. The maximum atomic E-state index is 10.4. The lowest BCUT2D eigenvalue weighted by Crippen LogP contribution is -2.01. The summed E-state index contributed by atoms with van der Waals surface area (Å²) in [6, 6.07) is 0. The number of hydrogen-bond acceptors (Lipinski definition) is 3. The third kappa shape index (κ3) is 24.1. The van der Waals surface area contributed by atoms with Gasteiger partial charge in [-0.15, -0.1) is 0 Å². The second-order valence-electron chi connectivity index (χ2n) is 6.89. The van der Waals surface area contributed by atoms with Gasteiger partial charge in [0.2, 0.25) is 0 Å². The summed E-state index contributed by atoms with van der Waals surface area (Å²) in [4.78, 5) is 17.0. The molecule has 0 atom stereocenters. The Kier molecular flexibility index (Phi) is 18.9. The summed E-state index contributed by atoms with van der Waals surface area (Å²) >= 11 is 0. The molecule has 5 nitrogen and oxygen atoms in total. The predicted octanol–water partition coefficient (Wildman–Crippen LogP) is 5.98. The van der Waals surface area contributed by atoms with Crippen molar-refractivity contribution in [2.75, 3.05) is 19.8 Å². The van der Waals surface area contributed by atoms with Gasteiger partial charge in [0.05, 0.1) is 6.61 Å². The van der Waals surface area contributed by atoms with Crippen molar-refractivity contribution in [3.05, 3.63) is 0 Å². The van der Waals surface area contributed by atoms with E-state index >= 15 is 0 Å². The zero-order valence-corrected chi connectivity index (χ0v) is 17.2. The molecule has 0 saturated carbocycles. The van der Waals surface area contributed by atoms with Crippen molar-refractivity contribution >= 4 is 7.82 Å². The van der Waals surface area contributed by atoms with Crippen molar-refractivity contribution < 1.29 is 23.6 Å². The molecule has 0 aromatic rings. The van der Waals surface area contributed by atoms with Crippen LogP contribution >= 0.6 is 7.82 Å². The Hall–Kier alpha value is 0.0700. The number of hydrogen-bond donors (Lipinski definition) is 2. The summed E-state index contributed by atoms with van der Waals surface area (Å²) in [6.45, 7) is 3.54. The molecule has 0 bridgehead atoms. The van der Waals surface area contributed by atoms with Crippen LogP contribution in [0.25, 0.3) is 0 Å². The van der Waals surface area contributed by atoms with Crippen molar-refractivity contribution in [2.24, 2.45) is 0 Å². The van der Waals surface area contributed by atoms with Crippen LogP contribution in [0.4, 0.5) is 0 Å². The van der Waals surface area contributed by atoms with Crippen LogP contribution in [0.2, 0.25) is 0 Å². The van der Waals surface area contributed by atoms with Gasteiger partial charge in [-0.2, -0.15) is 0 Å². The van der Waals surface area contributed by atoms with Gasteiger partial charge < -0.3 is 14.5 Å².